The number of hydrogen-bond donors (Lipinski definition) is 2. The first-order valence-electron chi connectivity index (χ1n) is 9.91. The number of amides is 1. The highest BCUT2D eigenvalue weighted by Crippen LogP contribution is 2.42. The number of aliphatic hydroxyl groups excluding tert-OH is 1. The van der Waals surface area contributed by atoms with Crippen LogP contribution in [-0.2, 0) is 9.59 Å². The molecule has 0 bridgehead atoms. The number of phenolic OH excluding ortho intramolecular Hbond substituents is 1. The molecule has 0 radical (unpaired) electrons. The molecule has 1 amide bonds. The van der Waals surface area contributed by atoms with Crippen molar-refractivity contribution in [2.45, 2.75) is 12.5 Å². The molecular formula is C23H24Cl2N2O5. The summed E-state index contributed by atoms with van der Waals surface area (Å²) in [6, 6.07) is 8.20. The second-order valence-electron chi connectivity index (χ2n) is 7.71. The Kier molecular flexibility index (Phi) is 7.33. The molecule has 2 aromatic carbocycles. The molecule has 7 nitrogen and oxygen atoms in total. The maximum Gasteiger partial charge on any atom is 0.295 e. The van der Waals surface area contributed by atoms with Gasteiger partial charge in [-0.2, -0.15) is 0 Å². The third-order valence-electron chi connectivity index (χ3n) is 5.26. The van der Waals surface area contributed by atoms with Crippen molar-refractivity contribution in [3.8, 4) is 11.5 Å². The standard InChI is InChI=1S/C23H24Cl2N2O5/c1-26(2)9-4-10-27-20(13-5-8-16(24)17(25)11-13)19(22(30)23(27)31)21(29)15-7-6-14(32-3)12-18(15)28/h5-8,11-12,20,28-29H,4,9-10H2,1-3H3/t20-/m0/s1. The van der Waals surface area contributed by atoms with Gasteiger partial charge in [0, 0.05) is 12.6 Å². The number of aliphatic hydroxyl groups is 1. The first-order chi connectivity index (χ1) is 15.1. The Labute approximate surface area is 196 Å². The quantitative estimate of drug-likeness (QED) is 0.354. The van der Waals surface area contributed by atoms with Gasteiger partial charge in [0.2, 0.25) is 0 Å². The Morgan fingerprint density at radius 3 is 2.44 bits per heavy atom. The van der Waals surface area contributed by atoms with Gasteiger partial charge in [-0.15, -0.1) is 0 Å². The molecule has 1 fully saturated rings. The molecular weight excluding hydrogens is 455 g/mol. The fraction of sp³-hybridized carbons (Fsp3) is 0.304. The summed E-state index contributed by atoms with van der Waals surface area (Å²) >= 11 is 12.3. The first-order valence-corrected chi connectivity index (χ1v) is 10.7. The van der Waals surface area contributed by atoms with Crippen LogP contribution in [0.5, 0.6) is 11.5 Å². The molecule has 2 aromatic rings. The van der Waals surface area contributed by atoms with E-state index in [1.165, 1.54) is 30.2 Å². The lowest BCUT2D eigenvalue weighted by molar-refractivity contribution is -0.139. The van der Waals surface area contributed by atoms with Crippen LogP contribution in [0.2, 0.25) is 10.0 Å². The summed E-state index contributed by atoms with van der Waals surface area (Å²) in [5.41, 5.74) is 0.416. The van der Waals surface area contributed by atoms with Gasteiger partial charge in [-0.1, -0.05) is 29.3 Å². The Balaban J connectivity index is 2.15. The number of phenols is 1. The Morgan fingerprint density at radius 2 is 1.84 bits per heavy atom. The van der Waals surface area contributed by atoms with E-state index in [1.54, 1.807) is 18.2 Å². The zero-order chi connectivity index (χ0) is 23.6. The van der Waals surface area contributed by atoms with E-state index in [0.29, 0.717) is 35.8 Å². The van der Waals surface area contributed by atoms with Crippen molar-refractivity contribution in [2.75, 3.05) is 34.3 Å². The van der Waals surface area contributed by atoms with Gasteiger partial charge in [-0.3, -0.25) is 9.59 Å². The van der Waals surface area contributed by atoms with Gasteiger partial charge in [-0.05, 0) is 56.9 Å². The van der Waals surface area contributed by atoms with Crippen LogP contribution >= 0.6 is 23.2 Å². The molecule has 1 saturated heterocycles. The van der Waals surface area contributed by atoms with Crippen molar-refractivity contribution in [3.05, 3.63) is 63.1 Å². The van der Waals surface area contributed by atoms with E-state index in [0.717, 1.165) is 0 Å². The number of hydrogen-bond acceptors (Lipinski definition) is 6. The minimum atomic E-state index is -0.881. The molecule has 1 aliphatic rings. The van der Waals surface area contributed by atoms with E-state index in [2.05, 4.69) is 0 Å². The smallest absolute Gasteiger partial charge is 0.295 e. The molecule has 0 saturated carbocycles. The van der Waals surface area contributed by atoms with Crippen LogP contribution in [0.1, 0.15) is 23.6 Å². The molecule has 0 aromatic heterocycles. The summed E-state index contributed by atoms with van der Waals surface area (Å²) < 4.78 is 5.07. The number of Topliss-reactive ketones (excluding diaryl/α,β-unsaturated/α-hetero) is 1. The summed E-state index contributed by atoms with van der Waals surface area (Å²) in [5, 5.41) is 22.0. The lowest BCUT2D eigenvalue weighted by Gasteiger charge is -2.26. The van der Waals surface area contributed by atoms with E-state index in [1.807, 2.05) is 19.0 Å². The van der Waals surface area contributed by atoms with Crippen LogP contribution in [-0.4, -0.2) is 66.0 Å². The lowest BCUT2D eigenvalue weighted by Crippen LogP contribution is -2.32. The average Bonchev–Trinajstić information content (AvgIpc) is 3.00. The average molecular weight is 479 g/mol. The van der Waals surface area contributed by atoms with Crippen molar-refractivity contribution in [1.82, 2.24) is 9.80 Å². The van der Waals surface area contributed by atoms with Gasteiger partial charge in [-0.25, -0.2) is 0 Å². The number of aromatic hydroxyl groups is 1. The number of rotatable bonds is 7. The largest absolute Gasteiger partial charge is 0.507 e. The summed E-state index contributed by atoms with van der Waals surface area (Å²) in [6.45, 7) is 0.995. The third kappa shape index (κ3) is 4.70. The molecule has 2 N–H and O–H groups in total. The lowest BCUT2D eigenvalue weighted by atomic mass is 9.95. The van der Waals surface area contributed by atoms with Crippen LogP contribution in [0.25, 0.3) is 5.76 Å². The zero-order valence-electron chi connectivity index (χ0n) is 17.9. The fourth-order valence-corrected chi connectivity index (χ4v) is 3.99. The number of carbonyl (C=O) groups is 2. The first kappa shape index (κ1) is 23.9. The van der Waals surface area contributed by atoms with Crippen LogP contribution in [0.4, 0.5) is 0 Å². The number of benzene rings is 2. The maximum absolute atomic E-state index is 13.0. The van der Waals surface area contributed by atoms with E-state index in [9.17, 15) is 19.8 Å². The van der Waals surface area contributed by atoms with Gasteiger partial charge >= 0.3 is 0 Å². The second kappa shape index (κ2) is 9.81. The van der Waals surface area contributed by atoms with Crippen molar-refractivity contribution in [3.63, 3.8) is 0 Å². The van der Waals surface area contributed by atoms with E-state index >= 15 is 0 Å². The van der Waals surface area contributed by atoms with E-state index < -0.39 is 23.5 Å². The van der Waals surface area contributed by atoms with Crippen molar-refractivity contribution in [1.29, 1.82) is 0 Å². The van der Waals surface area contributed by atoms with Crippen LogP contribution in [0.3, 0.4) is 0 Å². The number of halogens is 2. The number of nitrogens with zero attached hydrogens (tertiary/aromatic N) is 2. The number of likely N-dealkylation sites (tertiary alicyclic amines) is 1. The summed E-state index contributed by atoms with van der Waals surface area (Å²) in [5.74, 6) is -1.94. The van der Waals surface area contributed by atoms with Crippen molar-refractivity contribution < 1.29 is 24.5 Å². The normalized spacial score (nSPS) is 17.9. The Hall–Kier alpha value is -2.74. The number of ether oxygens (including phenoxy) is 1. The molecule has 1 aliphatic heterocycles. The summed E-state index contributed by atoms with van der Waals surface area (Å²) in [6.07, 6.45) is 0.617. The van der Waals surface area contributed by atoms with Crippen LogP contribution in [0.15, 0.2) is 42.0 Å². The number of ketones is 1. The number of carbonyl (C=O) groups excluding carboxylic acids is 2. The highest BCUT2D eigenvalue weighted by molar-refractivity contribution is 6.47. The molecule has 170 valence electrons. The monoisotopic (exact) mass is 478 g/mol. The molecule has 9 heteroatoms. The predicted octanol–water partition coefficient (Wildman–Crippen LogP) is 4.08. The highest BCUT2D eigenvalue weighted by atomic mass is 35.5. The maximum atomic E-state index is 13.0. The molecule has 0 unspecified atom stereocenters. The van der Waals surface area contributed by atoms with Gasteiger partial charge < -0.3 is 24.7 Å². The summed E-state index contributed by atoms with van der Waals surface area (Å²) in [7, 11) is 5.27. The van der Waals surface area contributed by atoms with Crippen molar-refractivity contribution in [2.24, 2.45) is 0 Å². The van der Waals surface area contributed by atoms with Gasteiger partial charge in [0.25, 0.3) is 11.7 Å². The van der Waals surface area contributed by atoms with E-state index in [-0.39, 0.29) is 21.9 Å². The molecule has 32 heavy (non-hydrogen) atoms. The molecule has 3 rings (SSSR count). The van der Waals surface area contributed by atoms with Gasteiger partial charge in [0.15, 0.2) is 0 Å². The fourth-order valence-electron chi connectivity index (χ4n) is 3.68. The van der Waals surface area contributed by atoms with Crippen molar-refractivity contribution >= 4 is 40.7 Å². The molecule has 0 spiro atoms. The molecule has 1 heterocycles. The van der Waals surface area contributed by atoms with Gasteiger partial charge in [0.05, 0.1) is 34.3 Å². The van der Waals surface area contributed by atoms with Crippen LogP contribution < -0.4 is 4.74 Å². The minimum absolute atomic E-state index is 0.0159. The number of methoxy groups -OCH3 is 1. The van der Waals surface area contributed by atoms with Crippen LogP contribution in [0, 0.1) is 0 Å². The molecule has 1 atom stereocenters. The third-order valence-corrected chi connectivity index (χ3v) is 6.00. The van der Waals surface area contributed by atoms with Gasteiger partial charge in [0.1, 0.15) is 17.3 Å². The predicted molar refractivity (Wildman–Crippen MR) is 123 cm³/mol. The zero-order valence-corrected chi connectivity index (χ0v) is 19.4. The summed E-state index contributed by atoms with van der Waals surface area (Å²) in [4.78, 5) is 29.3. The van der Waals surface area contributed by atoms with E-state index in [4.69, 9.17) is 27.9 Å². The Morgan fingerprint density at radius 1 is 1.12 bits per heavy atom. The second-order valence-corrected chi connectivity index (χ2v) is 8.52. The minimum Gasteiger partial charge on any atom is -0.507 e. The molecule has 0 aliphatic carbocycles. The topological polar surface area (TPSA) is 90.3 Å². The Bertz CT molecular complexity index is 1080. The highest BCUT2D eigenvalue weighted by Gasteiger charge is 2.46. The SMILES string of the molecule is COc1ccc(C(O)=C2C(=O)C(=O)N(CCCN(C)C)[C@H]2c2ccc(Cl)c(Cl)c2)c(O)c1.